The molecule has 9 heteroatoms. The molecule has 1 fully saturated rings. The molecule has 2 rings (SSSR count). The fourth-order valence-corrected chi connectivity index (χ4v) is 3.27. The summed E-state index contributed by atoms with van der Waals surface area (Å²) in [7, 11) is 1.22. The van der Waals surface area contributed by atoms with E-state index in [1.54, 1.807) is 6.92 Å². The molecule has 1 saturated heterocycles. The maximum Gasteiger partial charge on any atom is 0.350 e. The van der Waals surface area contributed by atoms with Crippen molar-refractivity contribution in [2.24, 2.45) is 0 Å². The van der Waals surface area contributed by atoms with Crippen molar-refractivity contribution in [1.82, 2.24) is 0 Å². The van der Waals surface area contributed by atoms with E-state index in [0.717, 1.165) is 17.5 Å². The number of methoxy groups -OCH3 is 1. The zero-order chi connectivity index (χ0) is 18.9. The number of thiophene rings is 1. The Labute approximate surface area is 147 Å². The van der Waals surface area contributed by atoms with Gasteiger partial charge in [-0.15, -0.1) is 11.3 Å². The first-order valence-electron chi connectivity index (χ1n) is 7.23. The largest absolute Gasteiger partial charge is 0.465 e. The molecule has 0 bridgehead atoms. The Morgan fingerprint density at radius 3 is 2.24 bits per heavy atom. The van der Waals surface area contributed by atoms with Crippen LogP contribution < -0.4 is 5.32 Å². The molecule has 0 unspecified atom stereocenters. The Bertz CT molecular complexity index is 782. The Balaban J connectivity index is 2.39. The number of ketones is 1. The average molecular weight is 367 g/mol. The first kappa shape index (κ1) is 18.7. The summed E-state index contributed by atoms with van der Waals surface area (Å²) in [5.41, 5.74) is 0.262. The van der Waals surface area contributed by atoms with Crippen LogP contribution in [0.4, 0.5) is 5.00 Å². The number of ether oxygens (including phenoxy) is 3. The van der Waals surface area contributed by atoms with E-state index >= 15 is 0 Å². The van der Waals surface area contributed by atoms with Crippen LogP contribution in [-0.4, -0.2) is 36.6 Å². The molecule has 1 N–H and O–H groups in total. The smallest absolute Gasteiger partial charge is 0.350 e. The summed E-state index contributed by atoms with van der Waals surface area (Å²) >= 11 is 1.02. The van der Waals surface area contributed by atoms with Gasteiger partial charge in [0.25, 0.3) is 5.79 Å². The number of esters is 3. The lowest BCUT2D eigenvalue weighted by Gasteiger charge is -2.29. The monoisotopic (exact) mass is 367 g/mol. The number of Topliss-reactive ketones (excluding diaryl/α,β-unsaturated/α-hetero) is 1. The molecule has 0 radical (unpaired) electrons. The highest BCUT2D eigenvalue weighted by atomic mass is 32.1. The van der Waals surface area contributed by atoms with Crippen molar-refractivity contribution >= 4 is 40.0 Å². The van der Waals surface area contributed by atoms with Gasteiger partial charge in [0.15, 0.2) is 11.4 Å². The maximum absolute atomic E-state index is 12.0. The van der Waals surface area contributed by atoms with Crippen molar-refractivity contribution in [3.8, 4) is 0 Å². The summed E-state index contributed by atoms with van der Waals surface area (Å²) in [5, 5.41) is 2.98. The van der Waals surface area contributed by atoms with Gasteiger partial charge >= 0.3 is 17.9 Å². The molecule has 0 atom stereocenters. The Morgan fingerprint density at radius 2 is 1.76 bits per heavy atom. The summed E-state index contributed by atoms with van der Waals surface area (Å²) in [6.07, 6.45) is 1.08. The van der Waals surface area contributed by atoms with E-state index in [9.17, 15) is 19.2 Å². The van der Waals surface area contributed by atoms with Crippen molar-refractivity contribution in [3.63, 3.8) is 0 Å². The van der Waals surface area contributed by atoms with Crippen LogP contribution in [0.3, 0.4) is 0 Å². The summed E-state index contributed by atoms with van der Waals surface area (Å²) in [5.74, 6) is -3.91. The number of nitrogens with one attached hydrogen (secondary N) is 1. The van der Waals surface area contributed by atoms with Gasteiger partial charge < -0.3 is 19.5 Å². The number of carbonyl (C=O) groups excluding carboxylic acids is 4. The van der Waals surface area contributed by atoms with Gasteiger partial charge in [-0.25, -0.2) is 14.4 Å². The van der Waals surface area contributed by atoms with Crippen LogP contribution in [0.2, 0.25) is 0 Å². The Hall–Kier alpha value is -2.68. The third-order valence-electron chi connectivity index (χ3n) is 3.32. The molecule has 2 heterocycles. The van der Waals surface area contributed by atoms with E-state index in [0.29, 0.717) is 10.4 Å². The van der Waals surface area contributed by atoms with Crippen molar-refractivity contribution in [2.75, 3.05) is 12.4 Å². The summed E-state index contributed by atoms with van der Waals surface area (Å²) in [4.78, 5) is 47.9. The highest BCUT2D eigenvalue weighted by Crippen LogP contribution is 2.34. The fraction of sp³-hybridized carbons (Fsp3) is 0.375. The molecular formula is C16H17NO7S. The molecular weight excluding hydrogens is 350 g/mol. The van der Waals surface area contributed by atoms with Gasteiger partial charge in [0, 0.05) is 20.0 Å². The molecule has 1 aromatic rings. The van der Waals surface area contributed by atoms with Crippen LogP contribution in [0.25, 0.3) is 0 Å². The third kappa shape index (κ3) is 3.71. The SMILES string of the molecule is COC(=O)c1c(NC=C2C(=O)OC(C)(C)OC2=O)sc(C(C)=O)c1C. The van der Waals surface area contributed by atoms with Crippen molar-refractivity contribution in [3.05, 3.63) is 27.8 Å². The number of anilines is 1. The Kier molecular flexibility index (Phi) is 4.98. The molecule has 1 aromatic heterocycles. The van der Waals surface area contributed by atoms with Gasteiger partial charge in [0.2, 0.25) is 0 Å². The number of carbonyl (C=O) groups is 4. The van der Waals surface area contributed by atoms with Crippen LogP contribution >= 0.6 is 11.3 Å². The standard InChI is InChI=1S/C16H17NO7S/c1-7-10(15(21)22-5)12(25-11(7)8(2)18)17-6-9-13(19)23-16(3,4)24-14(9)20/h6,17H,1-5H3. The first-order chi connectivity index (χ1) is 11.6. The second-order valence-corrected chi connectivity index (χ2v) is 6.71. The van der Waals surface area contributed by atoms with E-state index in [1.165, 1.54) is 27.9 Å². The maximum atomic E-state index is 12.0. The summed E-state index contributed by atoms with van der Waals surface area (Å²) in [6.45, 7) is 5.86. The normalized spacial score (nSPS) is 16.0. The molecule has 0 aliphatic carbocycles. The molecule has 0 spiro atoms. The first-order valence-corrected chi connectivity index (χ1v) is 8.05. The number of rotatable bonds is 4. The molecule has 0 amide bonds. The van der Waals surface area contributed by atoms with Crippen molar-refractivity contribution < 1.29 is 33.4 Å². The lowest BCUT2D eigenvalue weighted by molar-refractivity contribution is -0.222. The van der Waals surface area contributed by atoms with E-state index in [-0.39, 0.29) is 21.9 Å². The minimum Gasteiger partial charge on any atom is -0.465 e. The highest BCUT2D eigenvalue weighted by Gasteiger charge is 2.39. The minimum atomic E-state index is -1.34. The second kappa shape index (κ2) is 6.67. The molecule has 0 saturated carbocycles. The predicted molar refractivity (Wildman–Crippen MR) is 88.4 cm³/mol. The van der Waals surface area contributed by atoms with Gasteiger partial charge in [-0.05, 0) is 19.4 Å². The molecule has 1 aliphatic rings. The molecule has 1 aliphatic heterocycles. The van der Waals surface area contributed by atoms with Crippen LogP contribution in [0.1, 0.15) is 46.4 Å². The summed E-state index contributed by atoms with van der Waals surface area (Å²) < 4.78 is 14.7. The number of hydrogen-bond acceptors (Lipinski definition) is 9. The zero-order valence-corrected chi connectivity index (χ0v) is 15.2. The van der Waals surface area contributed by atoms with Crippen LogP contribution in [0.15, 0.2) is 11.8 Å². The topological polar surface area (TPSA) is 108 Å². The van der Waals surface area contributed by atoms with Crippen LogP contribution in [0, 0.1) is 6.92 Å². The van der Waals surface area contributed by atoms with Gasteiger partial charge in [0.05, 0.1) is 17.6 Å². The molecule has 134 valence electrons. The van der Waals surface area contributed by atoms with E-state index in [4.69, 9.17) is 14.2 Å². The lowest BCUT2D eigenvalue weighted by Crippen LogP contribution is -2.42. The van der Waals surface area contributed by atoms with Crippen molar-refractivity contribution in [1.29, 1.82) is 0 Å². The summed E-state index contributed by atoms with van der Waals surface area (Å²) in [6, 6.07) is 0. The third-order valence-corrected chi connectivity index (χ3v) is 4.64. The minimum absolute atomic E-state index is 0.160. The molecule has 8 nitrogen and oxygen atoms in total. The van der Waals surface area contributed by atoms with Gasteiger partial charge in [-0.1, -0.05) is 0 Å². The zero-order valence-electron chi connectivity index (χ0n) is 14.3. The van der Waals surface area contributed by atoms with Gasteiger partial charge in [0.1, 0.15) is 5.00 Å². The lowest BCUT2D eigenvalue weighted by atomic mass is 10.1. The van der Waals surface area contributed by atoms with E-state index < -0.39 is 23.7 Å². The second-order valence-electron chi connectivity index (χ2n) is 5.69. The van der Waals surface area contributed by atoms with E-state index in [1.807, 2.05) is 0 Å². The van der Waals surface area contributed by atoms with E-state index in [2.05, 4.69) is 5.32 Å². The van der Waals surface area contributed by atoms with Crippen LogP contribution in [0.5, 0.6) is 0 Å². The molecule has 25 heavy (non-hydrogen) atoms. The number of cyclic esters (lactones) is 2. The van der Waals surface area contributed by atoms with Gasteiger partial charge in [-0.2, -0.15) is 0 Å². The van der Waals surface area contributed by atoms with Crippen molar-refractivity contribution in [2.45, 2.75) is 33.5 Å². The quantitative estimate of drug-likeness (QED) is 0.373. The fourth-order valence-electron chi connectivity index (χ4n) is 2.22. The van der Waals surface area contributed by atoms with Gasteiger partial charge in [-0.3, -0.25) is 4.79 Å². The number of hydrogen-bond donors (Lipinski definition) is 1. The average Bonchev–Trinajstić information content (AvgIpc) is 2.81. The highest BCUT2D eigenvalue weighted by molar-refractivity contribution is 7.18. The van der Waals surface area contributed by atoms with Crippen LogP contribution in [-0.2, 0) is 23.8 Å². The Morgan fingerprint density at radius 1 is 1.20 bits per heavy atom. The molecule has 0 aromatic carbocycles. The predicted octanol–water partition coefficient (Wildman–Crippen LogP) is 2.18.